The average molecular weight is 763 g/mol. The summed E-state index contributed by atoms with van der Waals surface area (Å²) in [5.74, 6) is -2.39. The summed E-state index contributed by atoms with van der Waals surface area (Å²) >= 11 is 0. The third-order valence-electron chi connectivity index (χ3n) is 10.2. The first-order chi connectivity index (χ1) is 26.0. The first kappa shape index (κ1) is 39.3. The van der Waals surface area contributed by atoms with Gasteiger partial charge < -0.3 is 19.2 Å². The molecule has 1 amide bonds. The van der Waals surface area contributed by atoms with Crippen LogP contribution < -0.4 is 15.9 Å². The lowest BCUT2D eigenvalue weighted by molar-refractivity contribution is -0.155. The van der Waals surface area contributed by atoms with Gasteiger partial charge in [-0.2, -0.15) is 0 Å². The Labute approximate surface area is 320 Å². The van der Waals surface area contributed by atoms with Crippen molar-refractivity contribution in [3.63, 3.8) is 0 Å². The quantitative estimate of drug-likeness (QED) is 0.0515. The second kappa shape index (κ2) is 17.0. The molecule has 1 N–H and O–H groups in total. The standard InChI is InChI=1S/C44H51N2O6PSi/c1-6-15-35-16-13-14-21-40(35)53(36-17-9-7-10-18-36,37-19-11-8-12-20-37)43(44(49)50)46-38(41(42(46)48)32(2)52-54(3,4)5)30-39(47)34-24-22-33(23-25-34)31-45-26-28-51-29-27-45/h6-14,16-25,32,38,41H,1,15,26-31H2,2-5H3,(H,49,50)/t32-,38-,41-/m1/s1. The maximum absolute atomic E-state index is 14.8. The summed E-state index contributed by atoms with van der Waals surface area (Å²) in [4.78, 5) is 47.1. The van der Waals surface area contributed by atoms with Crippen LogP contribution in [0.15, 0.2) is 122 Å². The van der Waals surface area contributed by atoms with Crippen molar-refractivity contribution < 1.29 is 28.7 Å². The minimum atomic E-state index is -3.30. The van der Waals surface area contributed by atoms with Crippen LogP contribution in [0.1, 0.15) is 34.8 Å². The summed E-state index contributed by atoms with van der Waals surface area (Å²) in [6, 6.07) is 34.1. The van der Waals surface area contributed by atoms with Crippen molar-refractivity contribution in [1.29, 1.82) is 0 Å². The number of ketones is 1. The van der Waals surface area contributed by atoms with Gasteiger partial charge in [-0.1, -0.05) is 115 Å². The number of hydrogen-bond acceptors (Lipinski definition) is 6. The Kier molecular flexibility index (Phi) is 12.4. The molecule has 8 nitrogen and oxygen atoms in total. The molecular weight excluding hydrogens is 712 g/mol. The van der Waals surface area contributed by atoms with Gasteiger partial charge in [0.2, 0.25) is 5.91 Å². The van der Waals surface area contributed by atoms with E-state index in [1.807, 2.05) is 122 Å². The van der Waals surface area contributed by atoms with E-state index in [9.17, 15) is 19.5 Å². The molecule has 54 heavy (non-hydrogen) atoms. The molecule has 2 aliphatic rings. The molecule has 0 spiro atoms. The Morgan fingerprint density at radius 2 is 1.48 bits per heavy atom. The van der Waals surface area contributed by atoms with Gasteiger partial charge in [0.1, 0.15) is 5.42 Å². The number of β-lactam (4-membered cyclic amide) rings is 1. The molecule has 2 heterocycles. The summed E-state index contributed by atoms with van der Waals surface area (Å²) < 4.78 is 12.0. The zero-order chi connectivity index (χ0) is 38.5. The van der Waals surface area contributed by atoms with Gasteiger partial charge in [0.25, 0.3) is 0 Å². The molecule has 0 aromatic heterocycles. The van der Waals surface area contributed by atoms with Crippen LogP contribution in [0.3, 0.4) is 0 Å². The highest BCUT2D eigenvalue weighted by molar-refractivity contribution is 7.96. The van der Waals surface area contributed by atoms with E-state index in [-0.39, 0.29) is 23.5 Å². The molecule has 0 aliphatic carbocycles. The number of aliphatic carboxylic acids is 1. The fraction of sp³-hybridized carbons (Fsp3) is 0.318. The lowest BCUT2D eigenvalue weighted by Gasteiger charge is -2.52. The van der Waals surface area contributed by atoms with Gasteiger partial charge in [-0.25, -0.2) is 4.79 Å². The average Bonchev–Trinajstić information content (AvgIpc) is 3.16. The number of carbonyl (C=O) groups excluding carboxylic acids is 2. The van der Waals surface area contributed by atoms with Crippen molar-refractivity contribution in [1.82, 2.24) is 9.80 Å². The molecular formula is C44H51N2O6PSi. The van der Waals surface area contributed by atoms with Crippen molar-refractivity contribution in [2.24, 2.45) is 5.92 Å². The lowest BCUT2D eigenvalue weighted by Crippen LogP contribution is -2.69. The number of carbonyl (C=O) groups is 3. The molecule has 3 atom stereocenters. The van der Waals surface area contributed by atoms with Gasteiger partial charge in [0, 0.05) is 38.5 Å². The van der Waals surface area contributed by atoms with Gasteiger partial charge in [-0.05, 0) is 60.0 Å². The maximum atomic E-state index is 14.8. The van der Waals surface area contributed by atoms with Crippen LogP contribution >= 0.6 is 6.89 Å². The topological polar surface area (TPSA) is 96.4 Å². The molecule has 282 valence electrons. The van der Waals surface area contributed by atoms with Gasteiger partial charge >= 0.3 is 5.97 Å². The van der Waals surface area contributed by atoms with Crippen molar-refractivity contribution in [2.45, 2.75) is 58.1 Å². The van der Waals surface area contributed by atoms with Crippen LogP contribution in [0.4, 0.5) is 0 Å². The SMILES string of the molecule is C=CCc1ccccc1P(=C(C(=O)O)N1C(=O)[C@H]([C@@H](C)O[Si](C)(C)C)[C@H]1CC(=O)c1ccc(CN2CCOCC2)cc1)(c1ccccc1)c1ccccc1. The van der Waals surface area contributed by atoms with E-state index in [0.29, 0.717) is 25.2 Å². The number of hydrogen-bond donors (Lipinski definition) is 1. The van der Waals surface area contributed by atoms with Crippen LogP contribution in [0.5, 0.6) is 0 Å². The van der Waals surface area contributed by atoms with Crippen LogP contribution in [0.2, 0.25) is 19.6 Å². The summed E-state index contributed by atoms with van der Waals surface area (Å²) in [6.07, 6.45) is 1.76. The lowest BCUT2D eigenvalue weighted by atomic mass is 9.79. The van der Waals surface area contributed by atoms with Crippen molar-refractivity contribution >= 4 is 54.2 Å². The second-order valence-electron chi connectivity index (χ2n) is 15.0. The Morgan fingerprint density at radius 1 is 0.907 bits per heavy atom. The van der Waals surface area contributed by atoms with E-state index in [4.69, 9.17) is 9.16 Å². The number of rotatable bonds is 15. The number of ether oxygens (including phenoxy) is 1. The molecule has 2 fully saturated rings. The molecule has 0 saturated carbocycles. The van der Waals surface area contributed by atoms with E-state index in [1.165, 1.54) is 4.90 Å². The zero-order valence-electron chi connectivity index (χ0n) is 31.7. The van der Waals surface area contributed by atoms with Crippen molar-refractivity contribution in [3.05, 3.63) is 139 Å². The number of allylic oxidation sites excluding steroid dienone is 1. The Morgan fingerprint density at radius 3 is 2.04 bits per heavy atom. The zero-order valence-corrected chi connectivity index (χ0v) is 33.6. The summed E-state index contributed by atoms with van der Waals surface area (Å²) in [5, 5.41) is 14.0. The van der Waals surface area contributed by atoms with Gasteiger partial charge in [0.15, 0.2) is 14.1 Å². The molecule has 4 aromatic carbocycles. The highest BCUT2D eigenvalue weighted by Crippen LogP contribution is 2.51. The number of Topliss-reactive ketones (excluding diaryl/α,β-unsaturated/α-hetero) is 1. The molecule has 0 radical (unpaired) electrons. The monoisotopic (exact) mass is 762 g/mol. The Bertz CT molecular complexity index is 1980. The van der Waals surface area contributed by atoms with Gasteiger partial charge in [-0.3, -0.25) is 14.5 Å². The predicted molar refractivity (Wildman–Crippen MR) is 221 cm³/mol. The van der Waals surface area contributed by atoms with Gasteiger partial charge in [-0.15, -0.1) is 6.58 Å². The number of benzene rings is 4. The third-order valence-corrected chi connectivity index (χ3v) is 15.7. The third kappa shape index (κ3) is 8.16. The number of likely N-dealkylation sites (tertiary alicyclic amines) is 1. The molecule has 2 saturated heterocycles. The van der Waals surface area contributed by atoms with E-state index < -0.39 is 39.2 Å². The minimum Gasteiger partial charge on any atom is -0.477 e. The number of nitrogens with zero attached hydrogens (tertiary/aromatic N) is 2. The Hall–Kier alpha value is -4.37. The highest BCUT2D eigenvalue weighted by atomic mass is 31.2. The molecule has 0 unspecified atom stereocenters. The number of carboxylic acid groups (broad SMARTS) is 1. The van der Waals surface area contributed by atoms with Crippen molar-refractivity contribution in [3.8, 4) is 0 Å². The summed E-state index contributed by atoms with van der Waals surface area (Å²) in [6.45, 7) is 12.7. The van der Waals surface area contributed by atoms with Crippen LogP contribution in [0.25, 0.3) is 0 Å². The molecule has 4 aromatic rings. The molecule has 10 heteroatoms. The molecule has 2 aliphatic heterocycles. The van der Waals surface area contributed by atoms with Crippen LogP contribution in [-0.2, 0) is 31.7 Å². The largest absolute Gasteiger partial charge is 0.477 e. The Balaban J connectivity index is 1.54. The van der Waals surface area contributed by atoms with E-state index in [0.717, 1.165) is 46.7 Å². The van der Waals surface area contributed by atoms with Crippen LogP contribution in [0, 0.1) is 5.92 Å². The van der Waals surface area contributed by atoms with E-state index in [2.05, 4.69) is 31.1 Å². The first-order valence-corrected chi connectivity index (χ1v) is 23.9. The summed E-state index contributed by atoms with van der Waals surface area (Å²) in [7, 11) is -2.13. The van der Waals surface area contributed by atoms with E-state index >= 15 is 0 Å². The summed E-state index contributed by atoms with van der Waals surface area (Å²) in [5.41, 5.74) is 2.55. The number of amides is 1. The maximum Gasteiger partial charge on any atom is 0.353 e. The number of morpholine rings is 1. The minimum absolute atomic E-state index is 0.00322. The smallest absolute Gasteiger partial charge is 0.353 e. The number of carboxylic acids is 1. The normalized spacial score (nSPS) is 18.4. The van der Waals surface area contributed by atoms with Crippen molar-refractivity contribution in [2.75, 3.05) is 26.3 Å². The molecule has 0 bridgehead atoms. The fourth-order valence-corrected chi connectivity index (χ4v) is 13.8. The van der Waals surface area contributed by atoms with Gasteiger partial charge in [0.05, 0.1) is 31.3 Å². The van der Waals surface area contributed by atoms with E-state index in [1.54, 1.807) is 0 Å². The van der Waals surface area contributed by atoms with Crippen LogP contribution in [-0.4, -0.2) is 84.8 Å². The predicted octanol–water partition coefficient (Wildman–Crippen LogP) is 6.10. The highest BCUT2D eigenvalue weighted by Gasteiger charge is 2.56. The second-order valence-corrected chi connectivity index (χ2v) is 22.8. The first-order valence-electron chi connectivity index (χ1n) is 18.7. The molecule has 6 rings (SSSR count). The fourth-order valence-electron chi connectivity index (χ4n) is 7.98.